The highest BCUT2D eigenvalue weighted by molar-refractivity contribution is 7.07. The molecule has 0 saturated heterocycles. The van der Waals surface area contributed by atoms with Crippen molar-refractivity contribution in [3.63, 3.8) is 0 Å². The predicted octanol–water partition coefficient (Wildman–Crippen LogP) is 5.64. The Hall–Kier alpha value is -5.28. The number of thiazole rings is 1. The maximum atomic E-state index is 14.2. The molecule has 1 aromatic heterocycles. The average molecular weight is 631 g/mol. The van der Waals surface area contributed by atoms with Crippen molar-refractivity contribution in [3.05, 3.63) is 138 Å². The smallest absolute Gasteiger partial charge is 0.271 e. The van der Waals surface area contributed by atoms with Crippen LogP contribution in [0.15, 0.2) is 100 Å². The van der Waals surface area contributed by atoms with Gasteiger partial charge in [-0.1, -0.05) is 59.9 Å². The molecule has 9 heteroatoms. The normalized spacial score (nSPS) is 16.3. The molecule has 5 aromatic rings. The van der Waals surface area contributed by atoms with Gasteiger partial charge in [-0.25, -0.2) is 4.99 Å². The molecule has 0 radical (unpaired) electrons. The zero-order valence-electron chi connectivity index (χ0n) is 25.3. The van der Waals surface area contributed by atoms with E-state index in [1.54, 1.807) is 14.2 Å². The van der Waals surface area contributed by atoms with Gasteiger partial charge in [0, 0.05) is 5.56 Å². The predicted molar refractivity (Wildman–Crippen MR) is 176 cm³/mol. The van der Waals surface area contributed by atoms with E-state index in [2.05, 4.69) is 18.2 Å². The number of allylic oxidation sites excluding steroid dienone is 1. The molecule has 0 bridgehead atoms. The second-order valence-electron chi connectivity index (χ2n) is 11.3. The molecule has 46 heavy (non-hydrogen) atoms. The summed E-state index contributed by atoms with van der Waals surface area (Å²) in [7, 11) is 3.25. The van der Waals surface area contributed by atoms with Crippen LogP contribution in [0.3, 0.4) is 0 Å². The Labute approximate surface area is 269 Å². The Morgan fingerprint density at radius 2 is 1.74 bits per heavy atom. The van der Waals surface area contributed by atoms with Crippen molar-refractivity contribution in [1.29, 1.82) is 0 Å². The number of hydrogen-bond acceptors (Lipinski definition) is 8. The summed E-state index contributed by atoms with van der Waals surface area (Å²) in [6.07, 6.45) is 3.63. The molecule has 4 aromatic carbocycles. The molecule has 3 heterocycles. The molecule has 0 N–H and O–H groups in total. The Balaban J connectivity index is 1.15. The summed E-state index contributed by atoms with van der Waals surface area (Å²) in [4.78, 5) is 20.0. The molecular weight excluding hydrogens is 600 g/mol. The minimum Gasteiger partial charge on any atom is -0.493 e. The van der Waals surface area contributed by atoms with Crippen LogP contribution in [0.2, 0.25) is 0 Å². The molecule has 3 aliphatic rings. The van der Waals surface area contributed by atoms with Crippen LogP contribution in [0, 0.1) is 0 Å². The Kier molecular flexibility index (Phi) is 7.10. The third-order valence-corrected chi connectivity index (χ3v) is 9.60. The van der Waals surface area contributed by atoms with Gasteiger partial charge in [0.2, 0.25) is 6.79 Å². The van der Waals surface area contributed by atoms with Crippen molar-refractivity contribution in [2.24, 2.45) is 4.99 Å². The lowest BCUT2D eigenvalue weighted by Crippen LogP contribution is -2.38. The van der Waals surface area contributed by atoms with Gasteiger partial charge < -0.3 is 23.7 Å². The minimum absolute atomic E-state index is 0.0721. The van der Waals surface area contributed by atoms with Crippen molar-refractivity contribution in [2.45, 2.75) is 25.5 Å². The zero-order valence-corrected chi connectivity index (χ0v) is 26.1. The van der Waals surface area contributed by atoms with Gasteiger partial charge in [-0.15, -0.1) is 0 Å². The standard InChI is InChI=1S/C37H30N2O6S/c1-41-29-16-11-25(19-31(29)42-2)35-28-14-10-24-5-3-4-6-27(24)34(28)38-37-39(35)36(40)33(46-37)18-22-7-12-26(13-8-22)43-20-23-9-15-30-32(17-23)45-21-44-30/h3-9,11-13,15-19,35H,10,14,20-21H2,1-2H3/b33-18+/t35-/m1/s1. The second kappa shape index (κ2) is 11.6. The van der Waals surface area contributed by atoms with Crippen LogP contribution in [-0.4, -0.2) is 25.6 Å². The fraction of sp³-hybridized carbons (Fsp3) is 0.189. The lowest BCUT2D eigenvalue weighted by atomic mass is 9.83. The highest BCUT2D eigenvalue weighted by Gasteiger charge is 2.33. The highest BCUT2D eigenvalue weighted by atomic mass is 32.1. The third kappa shape index (κ3) is 4.93. The van der Waals surface area contributed by atoms with Crippen LogP contribution in [0.25, 0.3) is 11.8 Å². The van der Waals surface area contributed by atoms with E-state index in [9.17, 15) is 4.79 Å². The number of aryl methyl sites for hydroxylation is 1. The molecule has 2 aliphatic heterocycles. The first-order chi connectivity index (χ1) is 22.6. The Morgan fingerprint density at radius 3 is 2.59 bits per heavy atom. The van der Waals surface area contributed by atoms with E-state index in [1.165, 1.54) is 16.9 Å². The SMILES string of the molecule is COc1ccc([C@@H]2C3=C(N=c4s/c(=C/c5ccc(OCc6ccc7c(c6)OCO7)cc5)c(=O)n42)c2ccccc2CC3)cc1OC. The average Bonchev–Trinajstić information content (AvgIpc) is 3.70. The third-order valence-electron chi connectivity index (χ3n) is 8.62. The molecule has 0 amide bonds. The Bertz CT molecular complexity index is 2200. The topological polar surface area (TPSA) is 80.5 Å². The van der Waals surface area contributed by atoms with Crippen LogP contribution in [0.5, 0.6) is 28.7 Å². The summed E-state index contributed by atoms with van der Waals surface area (Å²) in [6, 6.07) is 27.5. The van der Waals surface area contributed by atoms with E-state index < -0.39 is 0 Å². The van der Waals surface area contributed by atoms with Crippen molar-refractivity contribution in [2.75, 3.05) is 21.0 Å². The number of methoxy groups -OCH3 is 2. The first kappa shape index (κ1) is 28.2. The molecule has 0 unspecified atom stereocenters. The number of ether oxygens (including phenoxy) is 5. The minimum atomic E-state index is -0.312. The molecule has 8 nitrogen and oxygen atoms in total. The molecule has 1 aliphatic carbocycles. The fourth-order valence-electron chi connectivity index (χ4n) is 6.35. The van der Waals surface area contributed by atoms with E-state index in [4.69, 9.17) is 28.7 Å². The zero-order chi connectivity index (χ0) is 31.2. The van der Waals surface area contributed by atoms with Gasteiger partial charge in [0.05, 0.1) is 30.5 Å². The number of rotatable bonds is 7. The quantitative estimate of drug-likeness (QED) is 0.232. The van der Waals surface area contributed by atoms with E-state index in [-0.39, 0.29) is 18.4 Å². The number of benzene rings is 4. The van der Waals surface area contributed by atoms with Crippen molar-refractivity contribution in [3.8, 4) is 28.7 Å². The largest absolute Gasteiger partial charge is 0.493 e. The number of hydrogen-bond donors (Lipinski definition) is 0. The summed E-state index contributed by atoms with van der Waals surface area (Å²) < 4.78 is 30.5. The van der Waals surface area contributed by atoms with Crippen LogP contribution in [0.4, 0.5) is 0 Å². The molecule has 0 saturated carbocycles. The van der Waals surface area contributed by atoms with Gasteiger partial charge in [0.25, 0.3) is 5.56 Å². The molecule has 230 valence electrons. The first-order valence-corrected chi connectivity index (χ1v) is 15.9. The summed E-state index contributed by atoms with van der Waals surface area (Å²) in [6.45, 7) is 0.644. The van der Waals surface area contributed by atoms with Gasteiger partial charge in [-0.3, -0.25) is 9.36 Å². The summed E-state index contributed by atoms with van der Waals surface area (Å²) >= 11 is 1.41. The molecule has 0 fully saturated rings. The van der Waals surface area contributed by atoms with Crippen molar-refractivity contribution in [1.82, 2.24) is 4.57 Å². The van der Waals surface area contributed by atoms with Crippen LogP contribution in [-0.2, 0) is 13.0 Å². The summed E-state index contributed by atoms with van der Waals surface area (Å²) in [5.41, 5.74) is 7.26. The van der Waals surface area contributed by atoms with Gasteiger partial charge in [0.1, 0.15) is 12.4 Å². The van der Waals surface area contributed by atoms with Crippen LogP contribution < -0.4 is 38.6 Å². The van der Waals surface area contributed by atoms with E-state index >= 15 is 0 Å². The van der Waals surface area contributed by atoms with Crippen molar-refractivity contribution >= 4 is 23.1 Å². The van der Waals surface area contributed by atoms with E-state index in [0.29, 0.717) is 27.4 Å². The summed E-state index contributed by atoms with van der Waals surface area (Å²) in [5.74, 6) is 3.48. The van der Waals surface area contributed by atoms with Gasteiger partial charge in [0.15, 0.2) is 27.8 Å². The van der Waals surface area contributed by atoms with E-state index in [0.717, 1.165) is 63.6 Å². The fourth-order valence-corrected chi connectivity index (χ4v) is 7.36. The molecular formula is C37H30N2O6S. The maximum absolute atomic E-state index is 14.2. The number of fused-ring (bicyclic) bond motifs is 4. The van der Waals surface area contributed by atoms with Gasteiger partial charge >= 0.3 is 0 Å². The van der Waals surface area contributed by atoms with Gasteiger partial charge in [-0.05, 0) is 83.1 Å². The van der Waals surface area contributed by atoms with Crippen molar-refractivity contribution < 1.29 is 23.7 Å². The Morgan fingerprint density at radius 1 is 0.913 bits per heavy atom. The monoisotopic (exact) mass is 630 g/mol. The lowest BCUT2D eigenvalue weighted by Gasteiger charge is -2.31. The maximum Gasteiger partial charge on any atom is 0.271 e. The second-order valence-corrected chi connectivity index (χ2v) is 12.3. The highest BCUT2D eigenvalue weighted by Crippen LogP contribution is 2.43. The van der Waals surface area contributed by atoms with E-state index in [1.807, 2.05) is 77.4 Å². The van der Waals surface area contributed by atoms with Crippen LogP contribution in [0.1, 0.15) is 40.3 Å². The van der Waals surface area contributed by atoms with Gasteiger partial charge in [-0.2, -0.15) is 0 Å². The number of aromatic nitrogens is 1. The first-order valence-electron chi connectivity index (χ1n) is 15.1. The lowest BCUT2D eigenvalue weighted by molar-refractivity contribution is 0.174. The summed E-state index contributed by atoms with van der Waals surface area (Å²) in [5, 5.41) is 0. The molecule has 8 rings (SSSR count). The van der Waals surface area contributed by atoms with Crippen LogP contribution >= 0.6 is 11.3 Å². The number of nitrogens with zero attached hydrogens (tertiary/aromatic N) is 2. The molecule has 1 atom stereocenters. The molecule has 0 spiro atoms.